The van der Waals surface area contributed by atoms with Gasteiger partial charge in [0.05, 0.1) is 11.6 Å². The summed E-state index contributed by atoms with van der Waals surface area (Å²) < 4.78 is 0.162. The molecule has 6 nitrogen and oxygen atoms in total. The van der Waals surface area contributed by atoms with Gasteiger partial charge in [0, 0.05) is 5.56 Å². The molecular weight excluding hydrogens is 286 g/mol. The monoisotopic (exact) mass is 295 g/mol. The van der Waals surface area contributed by atoms with Gasteiger partial charge in [-0.25, -0.2) is 4.99 Å². The van der Waals surface area contributed by atoms with Crippen molar-refractivity contribution in [2.75, 3.05) is 5.88 Å². The minimum atomic E-state index is -0.393. The first-order valence-corrected chi connectivity index (χ1v) is 6.23. The number of hydrogen-bond donors (Lipinski definition) is 3. The van der Waals surface area contributed by atoms with Gasteiger partial charge in [0.15, 0.2) is 10.5 Å². The second kappa shape index (κ2) is 5.77. The first-order chi connectivity index (χ1) is 9.11. The molecule has 0 spiro atoms. The Hall–Kier alpha value is -1.99. The fraction of sp³-hybridized carbons (Fsp3) is 0.0909. The Bertz CT molecular complexity index is 736. The summed E-state index contributed by atoms with van der Waals surface area (Å²) in [6.45, 7) is 0. The maximum absolute atomic E-state index is 11.8. The molecule has 1 aromatic heterocycles. The number of aromatic amines is 2. The van der Waals surface area contributed by atoms with E-state index in [1.54, 1.807) is 24.3 Å². The highest BCUT2D eigenvalue weighted by molar-refractivity contribution is 7.71. The van der Waals surface area contributed by atoms with Crippen LogP contribution in [0.2, 0.25) is 0 Å². The average molecular weight is 296 g/mol. The summed E-state index contributed by atoms with van der Waals surface area (Å²) in [5.74, 6) is 0.365. The summed E-state index contributed by atoms with van der Waals surface area (Å²) in [7, 11) is 0. The Balaban J connectivity index is 2.63. The van der Waals surface area contributed by atoms with Gasteiger partial charge in [-0.3, -0.25) is 14.9 Å². The molecule has 0 unspecified atom stereocenters. The van der Waals surface area contributed by atoms with Crippen LogP contribution in [0.15, 0.2) is 34.1 Å². The highest BCUT2D eigenvalue weighted by Crippen LogP contribution is 2.26. The Morgan fingerprint density at radius 1 is 1.47 bits per heavy atom. The standard InChI is InChI=1S/C11H10ClN5OS/c12-5-8(13)14-7-4-2-1-3-6(7)9-10(18)15-11(19)17-16-9/h1-4H,5H2,(H2,13,14)(H2,15,17,18,19). The van der Waals surface area contributed by atoms with Crippen LogP contribution in [0.4, 0.5) is 5.69 Å². The van der Waals surface area contributed by atoms with Crippen LogP contribution in [0.3, 0.4) is 0 Å². The lowest BCUT2D eigenvalue weighted by atomic mass is 10.1. The number of alkyl halides is 1. The second-order valence-corrected chi connectivity index (χ2v) is 4.28. The third-order valence-corrected chi connectivity index (χ3v) is 2.74. The molecule has 19 heavy (non-hydrogen) atoms. The quantitative estimate of drug-likeness (QED) is 0.347. The van der Waals surface area contributed by atoms with Gasteiger partial charge in [0.2, 0.25) is 0 Å². The van der Waals surface area contributed by atoms with Crippen LogP contribution in [-0.4, -0.2) is 26.9 Å². The maximum Gasteiger partial charge on any atom is 0.278 e. The zero-order valence-corrected chi connectivity index (χ0v) is 11.3. The summed E-state index contributed by atoms with van der Waals surface area (Å²) in [5.41, 5.74) is 6.46. The lowest BCUT2D eigenvalue weighted by molar-refractivity contribution is 0.931. The fourth-order valence-electron chi connectivity index (χ4n) is 1.49. The van der Waals surface area contributed by atoms with Gasteiger partial charge in [0.25, 0.3) is 5.56 Å². The molecule has 0 aliphatic rings. The van der Waals surface area contributed by atoms with Crippen LogP contribution < -0.4 is 11.3 Å². The summed E-state index contributed by atoms with van der Waals surface area (Å²) in [5, 5.41) is 6.46. The maximum atomic E-state index is 11.8. The van der Waals surface area contributed by atoms with E-state index in [0.717, 1.165) is 0 Å². The third kappa shape index (κ3) is 3.07. The smallest absolute Gasteiger partial charge is 0.278 e. The van der Waals surface area contributed by atoms with Crippen LogP contribution in [0.1, 0.15) is 0 Å². The normalized spacial score (nSPS) is 11.5. The van der Waals surface area contributed by atoms with Gasteiger partial charge < -0.3 is 5.73 Å². The molecule has 0 aliphatic carbocycles. The Labute approximate surface area is 118 Å². The van der Waals surface area contributed by atoms with Crippen molar-refractivity contribution in [1.29, 1.82) is 0 Å². The number of para-hydroxylation sites is 1. The molecule has 1 aromatic carbocycles. The molecule has 0 radical (unpaired) electrons. The van der Waals surface area contributed by atoms with Crippen molar-refractivity contribution in [1.82, 2.24) is 15.2 Å². The van der Waals surface area contributed by atoms with Gasteiger partial charge >= 0.3 is 0 Å². The van der Waals surface area contributed by atoms with Crippen LogP contribution in [0.5, 0.6) is 0 Å². The molecule has 98 valence electrons. The molecule has 0 saturated carbocycles. The van der Waals surface area contributed by atoms with E-state index in [-0.39, 0.29) is 22.2 Å². The molecule has 4 N–H and O–H groups in total. The average Bonchev–Trinajstić information content (AvgIpc) is 2.40. The van der Waals surface area contributed by atoms with Gasteiger partial charge in [0.1, 0.15) is 5.84 Å². The number of benzene rings is 1. The van der Waals surface area contributed by atoms with E-state index < -0.39 is 5.56 Å². The number of H-pyrrole nitrogens is 2. The first kappa shape index (κ1) is 13.4. The number of aromatic nitrogens is 3. The minimum Gasteiger partial charge on any atom is -0.386 e. The van der Waals surface area contributed by atoms with Gasteiger partial charge in [-0.1, -0.05) is 18.2 Å². The number of nitrogens with one attached hydrogen (secondary N) is 2. The summed E-state index contributed by atoms with van der Waals surface area (Å²) in [4.78, 5) is 18.5. The number of halogens is 1. The van der Waals surface area contributed by atoms with Crippen LogP contribution in [0, 0.1) is 4.77 Å². The van der Waals surface area contributed by atoms with E-state index in [9.17, 15) is 4.79 Å². The topological polar surface area (TPSA) is 99.9 Å². The third-order valence-electron chi connectivity index (χ3n) is 2.27. The summed E-state index contributed by atoms with van der Waals surface area (Å²) >= 11 is 10.4. The fourth-order valence-corrected chi connectivity index (χ4v) is 1.68. The molecule has 8 heteroatoms. The SMILES string of the molecule is NC(CCl)=Nc1ccccc1-c1n[nH]c(=S)[nH]c1=O. The zero-order chi connectivity index (χ0) is 13.8. The van der Waals surface area contributed by atoms with Crippen molar-refractivity contribution in [3.8, 4) is 11.3 Å². The lowest BCUT2D eigenvalue weighted by Crippen LogP contribution is -2.14. The van der Waals surface area contributed by atoms with E-state index in [1.165, 1.54) is 0 Å². The molecule has 0 aliphatic heterocycles. The van der Waals surface area contributed by atoms with E-state index in [0.29, 0.717) is 11.3 Å². The Morgan fingerprint density at radius 2 is 2.21 bits per heavy atom. The Kier molecular flexibility index (Phi) is 4.08. The summed E-state index contributed by atoms with van der Waals surface area (Å²) in [6.07, 6.45) is 0. The number of nitrogens with two attached hydrogens (primary N) is 1. The molecule has 0 bridgehead atoms. The van der Waals surface area contributed by atoms with Crippen molar-refractivity contribution in [3.63, 3.8) is 0 Å². The first-order valence-electron chi connectivity index (χ1n) is 5.29. The number of rotatable bonds is 3. The van der Waals surface area contributed by atoms with Crippen LogP contribution in [-0.2, 0) is 0 Å². The van der Waals surface area contributed by atoms with Crippen molar-refractivity contribution < 1.29 is 0 Å². The van der Waals surface area contributed by atoms with Crippen molar-refractivity contribution >= 4 is 35.3 Å². The highest BCUT2D eigenvalue weighted by Gasteiger charge is 2.10. The lowest BCUT2D eigenvalue weighted by Gasteiger charge is -2.04. The van der Waals surface area contributed by atoms with Crippen molar-refractivity contribution in [3.05, 3.63) is 39.4 Å². The van der Waals surface area contributed by atoms with Crippen molar-refractivity contribution in [2.45, 2.75) is 0 Å². The zero-order valence-electron chi connectivity index (χ0n) is 9.68. The molecule has 1 heterocycles. The van der Waals surface area contributed by atoms with Gasteiger partial charge in [-0.2, -0.15) is 5.10 Å². The number of hydrogen-bond acceptors (Lipinski definition) is 4. The van der Waals surface area contributed by atoms with Crippen molar-refractivity contribution in [2.24, 2.45) is 10.7 Å². The van der Waals surface area contributed by atoms with E-state index in [1.807, 2.05) is 0 Å². The molecular formula is C11H10ClN5OS. The number of nitrogens with zero attached hydrogens (tertiary/aromatic N) is 2. The minimum absolute atomic E-state index is 0.106. The van der Waals surface area contributed by atoms with Crippen LogP contribution in [0.25, 0.3) is 11.3 Å². The van der Waals surface area contributed by atoms with Gasteiger partial charge in [-0.15, -0.1) is 11.6 Å². The molecule has 0 atom stereocenters. The van der Waals surface area contributed by atoms with E-state index in [4.69, 9.17) is 29.6 Å². The number of aliphatic imine (C=N–C) groups is 1. The molecule has 2 rings (SSSR count). The van der Waals surface area contributed by atoms with E-state index >= 15 is 0 Å². The Morgan fingerprint density at radius 3 is 2.89 bits per heavy atom. The van der Waals surface area contributed by atoms with E-state index in [2.05, 4.69) is 20.2 Å². The van der Waals surface area contributed by atoms with Crippen LogP contribution >= 0.6 is 23.8 Å². The molecule has 0 amide bonds. The predicted molar refractivity (Wildman–Crippen MR) is 77.5 cm³/mol. The predicted octanol–water partition coefficient (Wildman–Crippen LogP) is 1.72. The summed E-state index contributed by atoms with van der Waals surface area (Å²) in [6, 6.07) is 6.99. The largest absolute Gasteiger partial charge is 0.386 e. The molecule has 0 saturated heterocycles. The number of amidine groups is 1. The molecule has 2 aromatic rings. The molecule has 0 fully saturated rings. The second-order valence-electron chi connectivity index (χ2n) is 3.61. The highest BCUT2D eigenvalue weighted by atomic mass is 35.5. The van der Waals surface area contributed by atoms with Gasteiger partial charge in [-0.05, 0) is 18.3 Å².